The van der Waals surface area contributed by atoms with Crippen molar-refractivity contribution in [1.29, 1.82) is 0 Å². The van der Waals surface area contributed by atoms with Crippen LogP contribution in [0.4, 0.5) is 0 Å². The minimum atomic E-state index is -0.395. The van der Waals surface area contributed by atoms with Gasteiger partial charge in [-0.1, -0.05) is 35.3 Å². The molecule has 0 unspecified atom stereocenters. The largest absolute Gasteiger partial charge is 0.449 e. The highest BCUT2D eigenvalue weighted by Crippen LogP contribution is 2.30. The van der Waals surface area contributed by atoms with E-state index in [0.29, 0.717) is 21.0 Å². The number of aryl methyl sites for hydroxylation is 1. The smallest absolute Gasteiger partial charge is 0.301 e. The van der Waals surface area contributed by atoms with Crippen LogP contribution in [0.2, 0.25) is 10.0 Å². The molecule has 0 atom stereocenters. The van der Waals surface area contributed by atoms with Crippen molar-refractivity contribution in [3.8, 4) is 0 Å². The average Bonchev–Trinajstić information content (AvgIpc) is 2.91. The van der Waals surface area contributed by atoms with Gasteiger partial charge in [0.25, 0.3) is 0 Å². The first-order chi connectivity index (χ1) is 11.0. The van der Waals surface area contributed by atoms with E-state index in [0.717, 1.165) is 10.5 Å². The number of halogens is 2. The van der Waals surface area contributed by atoms with E-state index in [4.69, 9.17) is 27.6 Å². The molecule has 0 saturated carbocycles. The Morgan fingerprint density at radius 3 is 2.78 bits per heavy atom. The Hall–Kier alpha value is -1.66. The summed E-state index contributed by atoms with van der Waals surface area (Å²) in [4.78, 5) is 15.9. The van der Waals surface area contributed by atoms with E-state index in [1.807, 2.05) is 31.2 Å². The minimum absolute atomic E-state index is 0.154. The topological polar surface area (TPSA) is 54.3 Å². The van der Waals surface area contributed by atoms with Crippen molar-refractivity contribution in [3.63, 3.8) is 0 Å². The van der Waals surface area contributed by atoms with E-state index in [1.54, 1.807) is 18.2 Å². The lowest BCUT2D eigenvalue weighted by Crippen LogP contribution is -2.32. The maximum Gasteiger partial charge on any atom is 0.301 e. The highest BCUT2D eigenvalue weighted by Gasteiger charge is 2.14. The zero-order chi connectivity index (χ0) is 16.4. The molecule has 2 aromatic carbocycles. The molecule has 0 aliphatic heterocycles. The summed E-state index contributed by atoms with van der Waals surface area (Å²) in [6.45, 7) is 2.01. The van der Waals surface area contributed by atoms with Crippen molar-refractivity contribution in [2.45, 2.75) is 11.8 Å². The maximum atomic E-state index is 12.1. The molecule has 7 heteroatoms. The highest BCUT2D eigenvalue weighted by atomic mass is 35.5. The van der Waals surface area contributed by atoms with Gasteiger partial charge < -0.3 is 4.42 Å². The van der Waals surface area contributed by atoms with Crippen LogP contribution in [0.1, 0.15) is 16.1 Å². The summed E-state index contributed by atoms with van der Waals surface area (Å²) in [6.07, 6.45) is 0. The summed E-state index contributed by atoms with van der Waals surface area (Å²) in [5.74, 6) is -0.241. The van der Waals surface area contributed by atoms with Gasteiger partial charge in [0.15, 0.2) is 11.3 Å². The molecule has 3 aromatic rings. The number of rotatable bonds is 4. The zero-order valence-electron chi connectivity index (χ0n) is 12.0. The minimum Gasteiger partial charge on any atom is -0.449 e. The van der Waals surface area contributed by atoms with Crippen LogP contribution in [0, 0.1) is 6.92 Å². The first-order valence-corrected chi connectivity index (χ1v) is 8.27. The average molecular weight is 367 g/mol. The van der Waals surface area contributed by atoms with Crippen LogP contribution in [-0.2, 0) is 0 Å². The highest BCUT2D eigenvalue weighted by molar-refractivity contribution is 7.97. The number of hydrogen-bond acceptors (Lipinski definition) is 4. The molecule has 0 fully saturated rings. The number of hydrogen-bond donors (Lipinski definition) is 2. The molecule has 4 nitrogen and oxygen atoms in total. The van der Waals surface area contributed by atoms with Gasteiger partial charge >= 0.3 is 5.91 Å². The SMILES string of the molecule is Cc1cccc(SNNC(=O)c2cc3cc(Cl)cc(Cl)c3o2)c1. The molecule has 3 rings (SSSR count). The van der Waals surface area contributed by atoms with Gasteiger partial charge in [0.1, 0.15) is 0 Å². The van der Waals surface area contributed by atoms with Crippen LogP contribution >= 0.6 is 35.1 Å². The molecule has 0 bridgehead atoms. The van der Waals surface area contributed by atoms with Gasteiger partial charge in [-0.3, -0.25) is 10.2 Å². The third-order valence-electron chi connectivity index (χ3n) is 3.08. The van der Waals surface area contributed by atoms with Gasteiger partial charge in [-0.25, -0.2) is 0 Å². The lowest BCUT2D eigenvalue weighted by Gasteiger charge is -2.05. The Bertz CT molecular complexity index is 880. The number of nitrogens with one attached hydrogen (secondary N) is 2. The fraction of sp³-hybridized carbons (Fsp3) is 0.0625. The molecule has 1 heterocycles. The van der Waals surface area contributed by atoms with Crippen molar-refractivity contribution in [3.05, 3.63) is 63.8 Å². The van der Waals surface area contributed by atoms with E-state index in [9.17, 15) is 4.79 Å². The number of carbonyl (C=O) groups excluding carboxylic acids is 1. The van der Waals surface area contributed by atoms with E-state index in [1.165, 1.54) is 11.9 Å². The Morgan fingerprint density at radius 1 is 1.17 bits per heavy atom. The van der Waals surface area contributed by atoms with Crippen LogP contribution < -0.4 is 10.3 Å². The lowest BCUT2D eigenvalue weighted by molar-refractivity contribution is 0.0921. The number of amides is 1. The lowest BCUT2D eigenvalue weighted by atomic mass is 10.2. The molecule has 0 spiro atoms. The van der Waals surface area contributed by atoms with Gasteiger partial charge in [-0.15, -0.1) is 0 Å². The predicted molar refractivity (Wildman–Crippen MR) is 93.9 cm³/mol. The van der Waals surface area contributed by atoms with E-state index < -0.39 is 5.91 Å². The van der Waals surface area contributed by atoms with Gasteiger partial charge in [0, 0.05) is 15.3 Å². The van der Waals surface area contributed by atoms with Crippen LogP contribution in [0.3, 0.4) is 0 Å². The van der Waals surface area contributed by atoms with Gasteiger partial charge in [0.05, 0.1) is 5.02 Å². The van der Waals surface area contributed by atoms with Crippen molar-refractivity contribution in [1.82, 2.24) is 10.3 Å². The summed E-state index contributed by atoms with van der Waals surface area (Å²) >= 11 is 13.3. The van der Waals surface area contributed by atoms with Crippen molar-refractivity contribution in [2.24, 2.45) is 0 Å². The molecular weight excluding hydrogens is 355 g/mol. The van der Waals surface area contributed by atoms with Gasteiger partial charge in [-0.2, -0.15) is 4.83 Å². The standard InChI is InChI=1S/C16H12Cl2N2O2S/c1-9-3-2-4-12(5-9)23-20-19-16(21)14-7-10-6-11(17)8-13(18)15(10)22-14/h2-8,20H,1H3,(H,19,21). The first kappa shape index (κ1) is 16.2. The molecule has 0 aliphatic carbocycles. The molecular formula is C16H12Cl2N2O2S. The number of fused-ring (bicyclic) bond motifs is 1. The van der Waals surface area contributed by atoms with E-state index in [-0.39, 0.29) is 5.76 Å². The molecule has 0 aliphatic rings. The summed E-state index contributed by atoms with van der Waals surface area (Å²) in [7, 11) is 0. The predicted octanol–water partition coefficient (Wildman–Crippen LogP) is 4.99. The first-order valence-electron chi connectivity index (χ1n) is 6.70. The fourth-order valence-corrected chi connectivity index (χ4v) is 3.26. The molecule has 0 radical (unpaired) electrons. The molecule has 23 heavy (non-hydrogen) atoms. The number of hydrazine groups is 1. The van der Waals surface area contributed by atoms with Crippen molar-refractivity contribution >= 4 is 52.0 Å². The third-order valence-corrected chi connectivity index (χ3v) is 4.28. The van der Waals surface area contributed by atoms with E-state index >= 15 is 0 Å². The third kappa shape index (κ3) is 3.82. The Kier molecular flexibility index (Phi) is 4.82. The zero-order valence-corrected chi connectivity index (χ0v) is 14.4. The van der Waals surface area contributed by atoms with Gasteiger partial charge in [0.2, 0.25) is 0 Å². The van der Waals surface area contributed by atoms with Crippen molar-refractivity contribution in [2.75, 3.05) is 0 Å². The number of benzene rings is 2. The second-order valence-corrected chi connectivity index (χ2v) is 6.61. The normalized spacial score (nSPS) is 10.9. The number of carbonyl (C=O) groups is 1. The van der Waals surface area contributed by atoms with E-state index in [2.05, 4.69) is 10.3 Å². The van der Waals surface area contributed by atoms with Gasteiger partial charge in [-0.05, 0) is 54.8 Å². The molecule has 1 amide bonds. The Balaban J connectivity index is 1.67. The quantitative estimate of drug-likeness (QED) is 0.504. The second-order valence-electron chi connectivity index (χ2n) is 4.89. The molecule has 118 valence electrons. The Morgan fingerprint density at radius 2 is 2.00 bits per heavy atom. The molecule has 0 saturated heterocycles. The summed E-state index contributed by atoms with van der Waals surface area (Å²) in [5.41, 5.74) is 4.15. The van der Waals surface area contributed by atoms with Crippen LogP contribution in [-0.4, -0.2) is 5.91 Å². The number of furan rings is 1. The summed E-state index contributed by atoms with van der Waals surface area (Å²) < 4.78 is 5.49. The second kappa shape index (κ2) is 6.84. The maximum absolute atomic E-state index is 12.1. The Labute approximate surface area is 147 Å². The fourth-order valence-electron chi connectivity index (χ4n) is 2.06. The van der Waals surface area contributed by atoms with Crippen LogP contribution in [0.15, 0.2) is 51.8 Å². The van der Waals surface area contributed by atoms with Crippen molar-refractivity contribution < 1.29 is 9.21 Å². The van der Waals surface area contributed by atoms with Crippen LogP contribution in [0.25, 0.3) is 11.0 Å². The molecule has 1 aromatic heterocycles. The summed E-state index contributed by atoms with van der Waals surface area (Å²) in [5, 5.41) is 1.54. The summed E-state index contributed by atoms with van der Waals surface area (Å²) in [6, 6.07) is 12.8. The molecule has 2 N–H and O–H groups in total. The van der Waals surface area contributed by atoms with Crippen LogP contribution in [0.5, 0.6) is 0 Å². The monoisotopic (exact) mass is 366 g/mol.